The minimum absolute atomic E-state index is 0.000159. The molecular formula is C23H18BrClN2O4S. The van der Waals surface area contributed by atoms with Gasteiger partial charge < -0.3 is 0 Å². The summed E-state index contributed by atoms with van der Waals surface area (Å²) >= 11 is 9.25. The molecule has 1 unspecified atom stereocenters. The van der Waals surface area contributed by atoms with Crippen molar-refractivity contribution in [3.05, 3.63) is 93.9 Å². The fourth-order valence-electron chi connectivity index (χ4n) is 3.57. The largest absolute Gasteiger partial charge is 0.274 e. The van der Waals surface area contributed by atoms with Gasteiger partial charge in [-0.15, -0.1) is 0 Å². The van der Waals surface area contributed by atoms with E-state index in [-0.39, 0.29) is 17.9 Å². The second-order valence-electron chi connectivity index (χ2n) is 7.25. The van der Waals surface area contributed by atoms with Crippen molar-refractivity contribution in [1.29, 1.82) is 0 Å². The van der Waals surface area contributed by atoms with Crippen LogP contribution in [-0.2, 0) is 26.2 Å². The minimum atomic E-state index is -4.10. The summed E-state index contributed by atoms with van der Waals surface area (Å²) in [6, 6.07) is 20.2. The molecule has 0 aliphatic carbocycles. The topological polar surface area (TPSA) is 74.8 Å². The number of halogens is 2. The van der Waals surface area contributed by atoms with Crippen LogP contribution in [0.25, 0.3) is 0 Å². The summed E-state index contributed by atoms with van der Waals surface area (Å²) in [4.78, 5) is 27.2. The molecule has 1 saturated heterocycles. The zero-order valence-corrected chi connectivity index (χ0v) is 19.8. The number of hydrogen-bond donors (Lipinski definition) is 0. The fraction of sp³-hybridized carbons (Fsp3) is 0.130. The number of imide groups is 1. The number of sulfonamides is 1. The lowest BCUT2D eigenvalue weighted by Crippen LogP contribution is -2.45. The summed E-state index contributed by atoms with van der Waals surface area (Å²) in [6.07, 6.45) is -0.242. The standard InChI is InChI=1S/C23H18BrClN2O4S/c24-17-6-10-19(11-7-17)27-22(28)14-21(23(27)29)26(15-16-4-2-1-3-5-16)32(30,31)20-12-8-18(25)9-13-20/h1-13,21H,14-15H2. The zero-order valence-electron chi connectivity index (χ0n) is 16.7. The van der Waals surface area contributed by atoms with Gasteiger partial charge in [0.25, 0.3) is 5.91 Å². The molecular weight excluding hydrogens is 516 g/mol. The van der Waals surface area contributed by atoms with Gasteiger partial charge in [0.05, 0.1) is 17.0 Å². The Morgan fingerprint density at radius 2 is 1.56 bits per heavy atom. The third-order valence-electron chi connectivity index (χ3n) is 5.16. The van der Waals surface area contributed by atoms with Gasteiger partial charge in [-0.2, -0.15) is 4.31 Å². The Bertz CT molecular complexity index is 1250. The lowest BCUT2D eigenvalue weighted by molar-refractivity contribution is -0.122. The first-order valence-electron chi connectivity index (χ1n) is 9.71. The summed E-state index contributed by atoms with van der Waals surface area (Å²) in [5.41, 5.74) is 1.10. The highest BCUT2D eigenvalue weighted by Gasteiger charge is 2.46. The number of carbonyl (C=O) groups is 2. The van der Waals surface area contributed by atoms with Crippen molar-refractivity contribution in [3.8, 4) is 0 Å². The average molecular weight is 534 g/mol. The van der Waals surface area contributed by atoms with Crippen molar-refractivity contribution in [2.75, 3.05) is 4.90 Å². The van der Waals surface area contributed by atoms with Crippen LogP contribution in [0, 0.1) is 0 Å². The Morgan fingerprint density at radius 1 is 0.938 bits per heavy atom. The van der Waals surface area contributed by atoms with E-state index in [1.165, 1.54) is 24.3 Å². The number of rotatable bonds is 6. The number of carbonyl (C=O) groups excluding carboxylic acids is 2. The zero-order chi connectivity index (χ0) is 22.9. The van der Waals surface area contributed by atoms with Crippen LogP contribution in [0.4, 0.5) is 5.69 Å². The molecule has 0 aromatic heterocycles. The normalized spacial score (nSPS) is 16.7. The predicted molar refractivity (Wildman–Crippen MR) is 126 cm³/mol. The monoisotopic (exact) mass is 532 g/mol. The first kappa shape index (κ1) is 22.7. The number of nitrogens with zero attached hydrogens (tertiary/aromatic N) is 2. The molecule has 1 heterocycles. The molecule has 0 radical (unpaired) electrons. The maximum Gasteiger partial charge on any atom is 0.252 e. The van der Waals surface area contributed by atoms with E-state index in [1.54, 1.807) is 48.5 Å². The average Bonchev–Trinajstić information content (AvgIpc) is 3.07. The predicted octanol–water partition coefficient (Wildman–Crippen LogP) is 4.63. The van der Waals surface area contributed by atoms with Crippen molar-refractivity contribution in [1.82, 2.24) is 4.31 Å². The van der Waals surface area contributed by atoms with Crippen LogP contribution < -0.4 is 4.90 Å². The van der Waals surface area contributed by atoms with E-state index in [4.69, 9.17) is 11.6 Å². The molecule has 9 heteroatoms. The van der Waals surface area contributed by atoms with Crippen molar-refractivity contribution >= 4 is 55.1 Å². The molecule has 164 valence electrons. The molecule has 0 spiro atoms. The fourth-order valence-corrected chi connectivity index (χ4v) is 5.53. The lowest BCUT2D eigenvalue weighted by atomic mass is 10.2. The van der Waals surface area contributed by atoms with Crippen molar-refractivity contribution in [3.63, 3.8) is 0 Å². The van der Waals surface area contributed by atoms with E-state index in [9.17, 15) is 18.0 Å². The molecule has 3 aromatic carbocycles. The Morgan fingerprint density at radius 3 is 2.19 bits per heavy atom. The molecule has 0 bridgehead atoms. The third-order valence-corrected chi connectivity index (χ3v) is 7.81. The van der Waals surface area contributed by atoms with Crippen molar-refractivity contribution in [2.45, 2.75) is 23.9 Å². The number of benzene rings is 3. The van der Waals surface area contributed by atoms with Gasteiger partial charge in [-0.05, 0) is 54.1 Å². The number of hydrogen-bond acceptors (Lipinski definition) is 4. The second-order valence-corrected chi connectivity index (χ2v) is 10.5. The SMILES string of the molecule is O=C1CC(N(Cc2ccccc2)S(=O)(=O)c2ccc(Cl)cc2)C(=O)N1c1ccc(Br)cc1. The smallest absolute Gasteiger partial charge is 0.252 e. The molecule has 3 aromatic rings. The minimum Gasteiger partial charge on any atom is -0.274 e. The van der Waals surface area contributed by atoms with Crippen LogP contribution in [0.2, 0.25) is 5.02 Å². The van der Waals surface area contributed by atoms with E-state index < -0.39 is 27.9 Å². The summed E-state index contributed by atoms with van der Waals surface area (Å²) < 4.78 is 29.0. The van der Waals surface area contributed by atoms with Crippen molar-refractivity contribution in [2.24, 2.45) is 0 Å². The highest BCUT2D eigenvalue weighted by molar-refractivity contribution is 9.10. The lowest BCUT2D eigenvalue weighted by Gasteiger charge is -2.27. The Kier molecular flexibility index (Phi) is 6.48. The van der Waals surface area contributed by atoms with E-state index in [2.05, 4.69) is 15.9 Å². The highest BCUT2D eigenvalue weighted by Crippen LogP contribution is 2.31. The van der Waals surface area contributed by atoms with Gasteiger partial charge in [0.1, 0.15) is 6.04 Å². The molecule has 32 heavy (non-hydrogen) atoms. The molecule has 4 rings (SSSR count). The Balaban J connectivity index is 1.74. The Labute approximate surface area is 199 Å². The first-order valence-corrected chi connectivity index (χ1v) is 12.3. The molecule has 1 aliphatic heterocycles. The van der Waals surface area contributed by atoms with Gasteiger partial charge in [-0.3, -0.25) is 9.59 Å². The van der Waals surface area contributed by atoms with Crippen LogP contribution >= 0.6 is 27.5 Å². The molecule has 2 amide bonds. The number of amides is 2. The maximum absolute atomic E-state index is 13.6. The van der Waals surface area contributed by atoms with E-state index in [0.29, 0.717) is 16.3 Å². The van der Waals surface area contributed by atoms with E-state index in [0.717, 1.165) is 13.7 Å². The van der Waals surface area contributed by atoms with Crippen LogP contribution in [0.5, 0.6) is 0 Å². The van der Waals surface area contributed by atoms with Gasteiger partial charge in [-0.25, -0.2) is 13.3 Å². The Hall–Kier alpha value is -2.52. The molecule has 0 N–H and O–H groups in total. The van der Waals surface area contributed by atoms with Gasteiger partial charge in [0.15, 0.2) is 0 Å². The quantitative estimate of drug-likeness (QED) is 0.433. The molecule has 1 aliphatic rings. The molecule has 0 saturated carbocycles. The highest BCUT2D eigenvalue weighted by atomic mass is 79.9. The van der Waals surface area contributed by atoms with Crippen LogP contribution in [0.1, 0.15) is 12.0 Å². The van der Waals surface area contributed by atoms with Gasteiger partial charge in [0.2, 0.25) is 15.9 Å². The molecule has 1 fully saturated rings. The summed E-state index contributed by atoms with van der Waals surface area (Å²) in [6.45, 7) is -0.0519. The summed E-state index contributed by atoms with van der Waals surface area (Å²) in [7, 11) is -4.10. The van der Waals surface area contributed by atoms with E-state index in [1.807, 2.05) is 6.07 Å². The van der Waals surface area contributed by atoms with Gasteiger partial charge in [-0.1, -0.05) is 57.9 Å². The molecule has 6 nitrogen and oxygen atoms in total. The summed E-state index contributed by atoms with van der Waals surface area (Å²) in [5, 5.41) is 0.395. The maximum atomic E-state index is 13.6. The van der Waals surface area contributed by atoms with E-state index >= 15 is 0 Å². The van der Waals surface area contributed by atoms with Crippen LogP contribution in [-0.4, -0.2) is 30.6 Å². The van der Waals surface area contributed by atoms with Crippen LogP contribution in [0.3, 0.4) is 0 Å². The van der Waals surface area contributed by atoms with Crippen molar-refractivity contribution < 1.29 is 18.0 Å². The van der Waals surface area contributed by atoms with Gasteiger partial charge in [0, 0.05) is 16.0 Å². The summed E-state index contributed by atoms with van der Waals surface area (Å²) in [5.74, 6) is -1.03. The molecule has 1 atom stereocenters. The second kappa shape index (κ2) is 9.15. The number of anilines is 1. The first-order chi connectivity index (χ1) is 15.3. The van der Waals surface area contributed by atoms with Gasteiger partial charge >= 0.3 is 0 Å². The third kappa shape index (κ3) is 4.49. The van der Waals surface area contributed by atoms with Crippen LogP contribution in [0.15, 0.2) is 88.2 Å².